The largest absolute Gasteiger partial charge is 0.357 e. The minimum absolute atomic E-state index is 0.553. The van der Waals surface area contributed by atoms with Crippen LogP contribution in [0.1, 0.15) is 45.1 Å². The van der Waals surface area contributed by atoms with Crippen molar-refractivity contribution in [2.75, 3.05) is 44.7 Å². The second-order valence-corrected chi connectivity index (χ2v) is 8.11. The van der Waals surface area contributed by atoms with Gasteiger partial charge in [0, 0.05) is 45.0 Å². The molecule has 0 spiro atoms. The fourth-order valence-corrected chi connectivity index (χ4v) is 3.82. The number of hydrogen-bond donors (Lipinski definition) is 2. The van der Waals surface area contributed by atoms with Crippen LogP contribution >= 0.6 is 0 Å². The number of piperazine rings is 1. The molecule has 2 N–H and O–H groups in total. The van der Waals surface area contributed by atoms with Crippen molar-refractivity contribution in [2.45, 2.75) is 52.1 Å². The van der Waals surface area contributed by atoms with E-state index in [2.05, 4.69) is 58.4 Å². The third-order valence-electron chi connectivity index (χ3n) is 5.76. The summed E-state index contributed by atoms with van der Waals surface area (Å²) in [5, 5.41) is 7.00. The lowest BCUT2D eigenvalue weighted by atomic mass is 9.87. The van der Waals surface area contributed by atoms with E-state index in [1.54, 1.807) is 0 Å². The average Bonchev–Trinajstić information content (AvgIpc) is 2.69. The first-order chi connectivity index (χ1) is 13.1. The standard InChI is InChI=1S/C21H36N6/c1-4-22-21(25-19-8-5-17(2)6-9-19)24-16-18-7-10-20(23-15-18)27-13-11-26(3)12-14-27/h7,10,15,17,19H,4-6,8-9,11-14,16H2,1-3H3,(H2,22,24,25). The molecular weight excluding hydrogens is 336 g/mol. The molecule has 6 nitrogen and oxygen atoms in total. The van der Waals surface area contributed by atoms with Gasteiger partial charge < -0.3 is 20.4 Å². The number of pyridine rings is 1. The molecule has 1 aliphatic carbocycles. The van der Waals surface area contributed by atoms with Crippen LogP contribution in [0.2, 0.25) is 0 Å². The van der Waals surface area contributed by atoms with Gasteiger partial charge in [-0.2, -0.15) is 0 Å². The fourth-order valence-electron chi connectivity index (χ4n) is 3.82. The highest BCUT2D eigenvalue weighted by atomic mass is 15.3. The first-order valence-electron chi connectivity index (χ1n) is 10.6. The van der Waals surface area contributed by atoms with Crippen LogP contribution < -0.4 is 15.5 Å². The van der Waals surface area contributed by atoms with Gasteiger partial charge in [-0.3, -0.25) is 0 Å². The van der Waals surface area contributed by atoms with Gasteiger partial charge in [0.05, 0.1) is 6.54 Å². The number of hydrogen-bond acceptors (Lipinski definition) is 4. The van der Waals surface area contributed by atoms with Crippen molar-refractivity contribution >= 4 is 11.8 Å². The minimum atomic E-state index is 0.553. The number of rotatable bonds is 5. The van der Waals surface area contributed by atoms with Crippen molar-refractivity contribution in [3.63, 3.8) is 0 Å². The Morgan fingerprint density at radius 3 is 2.52 bits per heavy atom. The fraction of sp³-hybridized carbons (Fsp3) is 0.714. The van der Waals surface area contributed by atoms with Crippen molar-refractivity contribution in [1.29, 1.82) is 0 Å². The number of anilines is 1. The molecule has 3 rings (SSSR count). The lowest BCUT2D eigenvalue weighted by molar-refractivity contribution is 0.312. The van der Waals surface area contributed by atoms with Gasteiger partial charge in [-0.15, -0.1) is 0 Å². The van der Waals surface area contributed by atoms with Crippen molar-refractivity contribution in [1.82, 2.24) is 20.5 Å². The maximum absolute atomic E-state index is 4.78. The van der Waals surface area contributed by atoms with Crippen LogP contribution in [0.5, 0.6) is 0 Å². The summed E-state index contributed by atoms with van der Waals surface area (Å²) in [6.07, 6.45) is 7.09. The van der Waals surface area contributed by atoms with Crippen LogP contribution in [-0.4, -0.2) is 61.7 Å². The van der Waals surface area contributed by atoms with E-state index in [9.17, 15) is 0 Å². The summed E-state index contributed by atoms with van der Waals surface area (Å²) < 4.78 is 0. The highest BCUT2D eigenvalue weighted by Gasteiger charge is 2.19. The van der Waals surface area contributed by atoms with E-state index in [0.717, 1.165) is 56.0 Å². The van der Waals surface area contributed by atoms with E-state index in [4.69, 9.17) is 4.99 Å². The van der Waals surface area contributed by atoms with Crippen molar-refractivity contribution in [2.24, 2.45) is 10.9 Å². The molecule has 0 bridgehead atoms. The summed E-state index contributed by atoms with van der Waals surface area (Å²) in [4.78, 5) is 14.2. The van der Waals surface area contributed by atoms with Crippen LogP contribution in [0.25, 0.3) is 0 Å². The maximum atomic E-state index is 4.78. The van der Waals surface area contributed by atoms with Gasteiger partial charge in [0.2, 0.25) is 0 Å². The van der Waals surface area contributed by atoms with E-state index in [0.29, 0.717) is 12.6 Å². The van der Waals surface area contributed by atoms with E-state index in [-0.39, 0.29) is 0 Å². The van der Waals surface area contributed by atoms with Crippen molar-refractivity contribution in [3.8, 4) is 0 Å². The Balaban J connectivity index is 1.54. The Bertz CT molecular complexity index is 583. The number of guanidine groups is 1. The Morgan fingerprint density at radius 2 is 1.89 bits per heavy atom. The number of aliphatic imine (C=N–C) groups is 1. The topological polar surface area (TPSA) is 55.8 Å². The smallest absolute Gasteiger partial charge is 0.191 e. The van der Waals surface area contributed by atoms with Gasteiger partial charge in [0.15, 0.2) is 5.96 Å². The van der Waals surface area contributed by atoms with E-state index >= 15 is 0 Å². The van der Waals surface area contributed by atoms with Crippen LogP contribution in [0, 0.1) is 5.92 Å². The molecule has 1 saturated carbocycles. The third-order valence-corrected chi connectivity index (χ3v) is 5.76. The van der Waals surface area contributed by atoms with Crippen LogP contribution in [0.15, 0.2) is 23.3 Å². The Hall–Kier alpha value is -1.82. The van der Waals surface area contributed by atoms with Gasteiger partial charge in [-0.1, -0.05) is 13.0 Å². The molecule has 1 aromatic rings. The molecule has 150 valence electrons. The molecular formula is C21H36N6. The molecule has 2 fully saturated rings. The second-order valence-electron chi connectivity index (χ2n) is 8.11. The van der Waals surface area contributed by atoms with Crippen molar-refractivity contribution in [3.05, 3.63) is 23.9 Å². The van der Waals surface area contributed by atoms with Gasteiger partial charge in [0.1, 0.15) is 5.82 Å². The molecule has 27 heavy (non-hydrogen) atoms. The molecule has 1 aliphatic heterocycles. The first kappa shape index (κ1) is 19.9. The zero-order valence-corrected chi connectivity index (χ0v) is 17.2. The number of nitrogens with one attached hydrogen (secondary N) is 2. The van der Waals surface area contributed by atoms with Gasteiger partial charge in [-0.05, 0) is 57.2 Å². The molecule has 0 aromatic carbocycles. The highest BCUT2D eigenvalue weighted by molar-refractivity contribution is 5.80. The van der Waals surface area contributed by atoms with Crippen molar-refractivity contribution < 1.29 is 0 Å². The summed E-state index contributed by atoms with van der Waals surface area (Å²) in [5.74, 6) is 2.88. The molecule has 1 aromatic heterocycles. The predicted octanol–water partition coefficient (Wildman–Crippen LogP) is 2.47. The molecule has 0 unspecified atom stereocenters. The van der Waals surface area contributed by atoms with Gasteiger partial charge in [0.25, 0.3) is 0 Å². The monoisotopic (exact) mass is 372 g/mol. The zero-order valence-electron chi connectivity index (χ0n) is 17.2. The summed E-state index contributed by atoms with van der Waals surface area (Å²) in [5.41, 5.74) is 1.15. The summed E-state index contributed by atoms with van der Waals surface area (Å²) >= 11 is 0. The maximum Gasteiger partial charge on any atom is 0.191 e. The summed E-state index contributed by atoms with van der Waals surface area (Å²) in [6.45, 7) is 10.3. The Kier molecular flexibility index (Phi) is 7.33. The summed E-state index contributed by atoms with van der Waals surface area (Å²) in [7, 11) is 2.18. The third kappa shape index (κ3) is 6.09. The van der Waals surface area contributed by atoms with Gasteiger partial charge >= 0.3 is 0 Å². The normalized spacial score (nSPS) is 24.7. The molecule has 6 heteroatoms. The lowest BCUT2D eigenvalue weighted by Crippen LogP contribution is -2.44. The average molecular weight is 373 g/mol. The predicted molar refractivity (Wildman–Crippen MR) is 113 cm³/mol. The molecule has 0 radical (unpaired) electrons. The number of aromatic nitrogens is 1. The lowest BCUT2D eigenvalue weighted by Gasteiger charge is -2.33. The Morgan fingerprint density at radius 1 is 1.15 bits per heavy atom. The number of nitrogens with zero attached hydrogens (tertiary/aromatic N) is 4. The molecule has 0 amide bonds. The highest BCUT2D eigenvalue weighted by Crippen LogP contribution is 2.23. The number of likely N-dealkylation sites (N-methyl/N-ethyl adjacent to an activating group) is 1. The van der Waals surface area contributed by atoms with E-state index in [1.165, 1.54) is 25.7 Å². The van der Waals surface area contributed by atoms with Crippen LogP contribution in [0.4, 0.5) is 5.82 Å². The van der Waals surface area contributed by atoms with E-state index in [1.807, 2.05) is 6.20 Å². The molecule has 0 atom stereocenters. The van der Waals surface area contributed by atoms with Crippen LogP contribution in [0.3, 0.4) is 0 Å². The minimum Gasteiger partial charge on any atom is -0.357 e. The molecule has 1 saturated heterocycles. The van der Waals surface area contributed by atoms with Crippen LogP contribution in [-0.2, 0) is 6.54 Å². The zero-order chi connectivity index (χ0) is 19.1. The first-order valence-corrected chi connectivity index (χ1v) is 10.6. The molecule has 2 heterocycles. The molecule has 2 aliphatic rings. The summed E-state index contributed by atoms with van der Waals surface area (Å²) in [6, 6.07) is 4.85. The Labute approximate surface area is 164 Å². The quantitative estimate of drug-likeness (QED) is 0.614. The van der Waals surface area contributed by atoms with E-state index < -0.39 is 0 Å². The second kappa shape index (κ2) is 9.93. The van der Waals surface area contributed by atoms with Gasteiger partial charge in [-0.25, -0.2) is 9.98 Å². The SMILES string of the molecule is CCNC(=NCc1ccc(N2CCN(C)CC2)nc1)NC1CCC(C)CC1.